The Bertz CT molecular complexity index is 1090. The van der Waals surface area contributed by atoms with Crippen molar-refractivity contribution in [2.45, 2.75) is 24.2 Å². The second kappa shape index (κ2) is 8.35. The number of nitro groups is 1. The Morgan fingerprint density at radius 1 is 1.32 bits per heavy atom. The first-order valence-electron chi connectivity index (χ1n) is 7.98. The highest BCUT2D eigenvalue weighted by atomic mass is 35.5. The van der Waals surface area contributed by atoms with E-state index in [0.29, 0.717) is 10.7 Å². The molecule has 0 radical (unpaired) electrons. The summed E-state index contributed by atoms with van der Waals surface area (Å²) >= 11 is 6.99. The molecule has 0 amide bonds. The van der Waals surface area contributed by atoms with E-state index in [1.54, 1.807) is 17.5 Å². The summed E-state index contributed by atoms with van der Waals surface area (Å²) in [5, 5.41) is 13.5. The third kappa shape index (κ3) is 4.38. The molecule has 1 aromatic carbocycles. The Kier molecular flexibility index (Phi) is 6.08. The van der Waals surface area contributed by atoms with Gasteiger partial charge in [0.05, 0.1) is 16.5 Å². The van der Waals surface area contributed by atoms with Gasteiger partial charge in [-0.05, 0) is 24.0 Å². The summed E-state index contributed by atoms with van der Waals surface area (Å²) in [7, 11) is -3.97. The normalized spacial score (nSPS) is 11.6. The minimum atomic E-state index is -3.97. The molecule has 0 N–H and O–H groups in total. The van der Waals surface area contributed by atoms with Gasteiger partial charge in [-0.25, -0.2) is 14.5 Å². The smallest absolute Gasteiger partial charge is 0.343 e. The molecule has 0 saturated carbocycles. The number of aromatic nitrogens is 3. The van der Waals surface area contributed by atoms with E-state index in [1.165, 1.54) is 28.0 Å². The molecule has 0 bridgehead atoms. The van der Waals surface area contributed by atoms with Gasteiger partial charge >= 0.3 is 5.82 Å². The van der Waals surface area contributed by atoms with Gasteiger partial charge in [-0.1, -0.05) is 17.7 Å². The molecular weight excluding hydrogens is 428 g/mol. The van der Waals surface area contributed by atoms with Gasteiger partial charge in [-0.2, -0.15) is 8.42 Å². The van der Waals surface area contributed by atoms with Crippen LogP contribution in [0.15, 0.2) is 40.7 Å². The lowest BCUT2D eigenvalue weighted by atomic mass is 10.2. The predicted octanol–water partition coefficient (Wildman–Crippen LogP) is 3.37. The Morgan fingerprint density at radius 3 is 2.64 bits per heavy atom. The van der Waals surface area contributed by atoms with Gasteiger partial charge in [0, 0.05) is 5.38 Å². The monoisotopic (exact) mass is 442 g/mol. The van der Waals surface area contributed by atoms with E-state index in [2.05, 4.69) is 9.97 Å². The number of imidazole rings is 1. The molecule has 2 heterocycles. The summed E-state index contributed by atoms with van der Waals surface area (Å²) in [5.74, 6) is 0.176. The summed E-state index contributed by atoms with van der Waals surface area (Å²) in [6.07, 6.45) is 1.10. The molecule has 3 rings (SSSR count). The van der Waals surface area contributed by atoms with Gasteiger partial charge in [0.2, 0.25) is 0 Å². The topological polar surface area (TPSA) is 117 Å². The average Bonchev–Trinajstić information content (AvgIpc) is 3.28. The van der Waals surface area contributed by atoms with Gasteiger partial charge in [0.15, 0.2) is 5.01 Å². The zero-order chi connectivity index (χ0) is 20.3. The van der Waals surface area contributed by atoms with Crippen LogP contribution in [0.2, 0.25) is 0 Å². The zero-order valence-electron chi connectivity index (χ0n) is 14.6. The number of benzene rings is 1. The SMILES string of the molecule is Cc1ccc(S(=O)(=O)OCCn2c([N+](=O)[O-])cnc2-c2nc(CCl)cs2)cc1. The Morgan fingerprint density at radius 2 is 2.04 bits per heavy atom. The number of thiazole rings is 1. The first-order valence-corrected chi connectivity index (χ1v) is 10.8. The van der Waals surface area contributed by atoms with E-state index >= 15 is 0 Å². The van der Waals surface area contributed by atoms with Crippen molar-refractivity contribution in [1.29, 1.82) is 0 Å². The Labute approximate surface area is 169 Å². The van der Waals surface area contributed by atoms with Crippen LogP contribution in [0.4, 0.5) is 5.82 Å². The van der Waals surface area contributed by atoms with Crippen LogP contribution in [0.1, 0.15) is 11.3 Å². The van der Waals surface area contributed by atoms with E-state index in [-0.39, 0.29) is 35.6 Å². The molecular formula is C16H15ClN4O5S2. The van der Waals surface area contributed by atoms with E-state index in [1.807, 2.05) is 6.92 Å². The number of aryl methyl sites for hydroxylation is 1. The van der Waals surface area contributed by atoms with E-state index < -0.39 is 15.0 Å². The van der Waals surface area contributed by atoms with Crippen molar-refractivity contribution in [2.24, 2.45) is 0 Å². The Hall–Kier alpha value is -2.34. The molecule has 0 aliphatic carbocycles. The number of rotatable bonds is 8. The number of nitrogens with zero attached hydrogens (tertiary/aromatic N) is 4. The van der Waals surface area contributed by atoms with Crippen molar-refractivity contribution in [2.75, 3.05) is 6.61 Å². The standard InChI is InChI=1S/C16H15ClN4O5S2/c1-11-2-4-13(5-3-11)28(24,25)26-7-6-20-14(21(22)23)9-18-15(20)16-19-12(8-17)10-27-16/h2-5,9-10H,6-8H2,1H3. The fourth-order valence-corrected chi connectivity index (χ4v) is 4.34. The largest absolute Gasteiger partial charge is 0.358 e. The first-order chi connectivity index (χ1) is 13.3. The molecule has 148 valence electrons. The van der Waals surface area contributed by atoms with E-state index in [9.17, 15) is 18.5 Å². The lowest BCUT2D eigenvalue weighted by molar-refractivity contribution is -0.392. The molecule has 12 heteroatoms. The third-order valence-corrected chi connectivity index (χ3v) is 6.25. The molecule has 0 aliphatic heterocycles. The van der Waals surface area contributed by atoms with Crippen LogP contribution < -0.4 is 0 Å². The van der Waals surface area contributed by atoms with Gasteiger partial charge in [0.1, 0.15) is 19.3 Å². The molecule has 28 heavy (non-hydrogen) atoms. The molecule has 9 nitrogen and oxygen atoms in total. The summed E-state index contributed by atoms with van der Waals surface area (Å²) in [6.45, 7) is 1.45. The fourth-order valence-electron chi connectivity index (χ4n) is 2.39. The maximum absolute atomic E-state index is 12.3. The number of hydrogen-bond donors (Lipinski definition) is 0. The number of hydrogen-bond acceptors (Lipinski definition) is 8. The molecule has 0 unspecified atom stereocenters. The lowest BCUT2D eigenvalue weighted by Gasteiger charge is -2.07. The summed E-state index contributed by atoms with van der Waals surface area (Å²) < 4.78 is 30.9. The molecule has 0 spiro atoms. The summed E-state index contributed by atoms with van der Waals surface area (Å²) in [6, 6.07) is 6.20. The maximum Gasteiger partial charge on any atom is 0.343 e. The highest BCUT2D eigenvalue weighted by Crippen LogP contribution is 2.27. The molecule has 0 aliphatic rings. The average molecular weight is 443 g/mol. The van der Waals surface area contributed by atoms with Gasteiger partial charge < -0.3 is 10.1 Å². The van der Waals surface area contributed by atoms with Crippen molar-refractivity contribution < 1.29 is 17.5 Å². The molecule has 3 aromatic rings. The zero-order valence-corrected chi connectivity index (χ0v) is 17.0. The van der Waals surface area contributed by atoms with Crippen LogP contribution in [0.5, 0.6) is 0 Å². The maximum atomic E-state index is 12.3. The number of alkyl halides is 1. The summed E-state index contributed by atoms with van der Waals surface area (Å²) in [5.41, 5.74) is 1.54. The van der Waals surface area contributed by atoms with Crippen LogP contribution in [0.3, 0.4) is 0 Å². The van der Waals surface area contributed by atoms with Crippen LogP contribution >= 0.6 is 22.9 Å². The lowest BCUT2D eigenvalue weighted by Crippen LogP contribution is -2.14. The van der Waals surface area contributed by atoms with Gasteiger partial charge in [-0.3, -0.25) is 4.18 Å². The van der Waals surface area contributed by atoms with Crippen molar-refractivity contribution in [3.8, 4) is 10.8 Å². The van der Waals surface area contributed by atoms with Crippen LogP contribution in [-0.2, 0) is 26.7 Å². The second-order valence-electron chi connectivity index (χ2n) is 5.72. The highest BCUT2D eigenvalue weighted by molar-refractivity contribution is 7.86. The molecule has 2 aromatic heterocycles. The van der Waals surface area contributed by atoms with E-state index in [4.69, 9.17) is 15.8 Å². The van der Waals surface area contributed by atoms with Gasteiger partial charge in [-0.15, -0.1) is 22.9 Å². The molecule has 0 fully saturated rings. The van der Waals surface area contributed by atoms with Crippen molar-refractivity contribution >= 4 is 38.9 Å². The van der Waals surface area contributed by atoms with Crippen molar-refractivity contribution in [1.82, 2.24) is 14.5 Å². The number of halogens is 1. The fraction of sp³-hybridized carbons (Fsp3) is 0.250. The van der Waals surface area contributed by atoms with Crippen molar-refractivity contribution in [3.05, 3.63) is 57.2 Å². The summed E-state index contributed by atoms with van der Waals surface area (Å²) in [4.78, 5) is 19.0. The Balaban J connectivity index is 1.80. The second-order valence-corrected chi connectivity index (χ2v) is 8.46. The van der Waals surface area contributed by atoms with Crippen molar-refractivity contribution in [3.63, 3.8) is 0 Å². The highest BCUT2D eigenvalue weighted by Gasteiger charge is 2.25. The third-order valence-electron chi connectivity index (χ3n) is 3.76. The van der Waals surface area contributed by atoms with E-state index in [0.717, 1.165) is 11.8 Å². The molecule has 0 saturated heterocycles. The predicted molar refractivity (Wildman–Crippen MR) is 104 cm³/mol. The van der Waals surface area contributed by atoms with Crippen LogP contribution in [0, 0.1) is 17.0 Å². The van der Waals surface area contributed by atoms with Gasteiger partial charge in [0.25, 0.3) is 15.9 Å². The molecule has 0 atom stereocenters. The van der Waals surface area contributed by atoms with Crippen LogP contribution in [-0.4, -0.2) is 34.5 Å². The van der Waals surface area contributed by atoms with Crippen LogP contribution in [0.25, 0.3) is 10.8 Å². The first kappa shape index (κ1) is 20.4. The quantitative estimate of drug-likeness (QED) is 0.227. The minimum Gasteiger partial charge on any atom is -0.358 e. The minimum absolute atomic E-state index is 0.0186.